The van der Waals surface area contributed by atoms with Crippen LogP contribution in [0, 0.1) is 5.82 Å². The molecule has 0 radical (unpaired) electrons. The van der Waals surface area contributed by atoms with E-state index in [0.29, 0.717) is 22.6 Å². The Bertz CT molecular complexity index is 1140. The molecule has 0 spiro atoms. The lowest BCUT2D eigenvalue weighted by molar-refractivity contribution is -0.115. The molecule has 0 atom stereocenters. The SMILES string of the molecule is CCOc1ccc2nc(NC(=O)Cc3csc(Nc4ccc(F)cc4)n3)sc2c1. The zero-order chi connectivity index (χ0) is 20.2. The van der Waals surface area contributed by atoms with Crippen LogP contribution in [0.15, 0.2) is 47.8 Å². The van der Waals surface area contributed by atoms with E-state index < -0.39 is 0 Å². The molecule has 9 heteroatoms. The smallest absolute Gasteiger partial charge is 0.232 e. The van der Waals surface area contributed by atoms with Crippen LogP contribution >= 0.6 is 22.7 Å². The molecule has 0 aliphatic rings. The number of nitrogens with one attached hydrogen (secondary N) is 2. The van der Waals surface area contributed by atoms with Gasteiger partial charge in [0.25, 0.3) is 0 Å². The average molecular weight is 429 g/mol. The standard InChI is InChI=1S/C20H17FN4O2S2/c1-2-27-15-7-8-16-17(10-15)29-20(24-16)25-18(26)9-14-11-28-19(23-14)22-13-5-3-12(21)4-6-13/h3-8,10-11H,2,9H2,1H3,(H,22,23)(H,24,25,26). The molecule has 4 rings (SSSR count). The first-order chi connectivity index (χ1) is 14.1. The monoisotopic (exact) mass is 428 g/mol. The van der Waals surface area contributed by atoms with Crippen LogP contribution in [-0.4, -0.2) is 22.5 Å². The lowest BCUT2D eigenvalue weighted by atomic mass is 10.3. The molecule has 0 unspecified atom stereocenters. The Morgan fingerprint density at radius 2 is 1.97 bits per heavy atom. The van der Waals surface area contributed by atoms with E-state index in [2.05, 4.69) is 20.6 Å². The molecule has 2 N–H and O–H groups in total. The van der Waals surface area contributed by atoms with E-state index in [0.717, 1.165) is 21.7 Å². The minimum Gasteiger partial charge on any atom is -0.494 e. The number of fused-ring (bicyclic) bond motifs is 1. The van der Waals surface area contributed by atoms with Crippen LogP contribution in [0.5, 0.6) is 5.75 Å². The fourth-order valence-electron chi connectivity index (χ4n) is 2.65. The van der Waals surface area contributed by atoms with Gasteiger partial charge in [0.1, 0.15) is 11.6 Å². The van der Waals surface area contributed by atoms with Gasteiger partial charge in [-0.15, -0.1) is 11.3 Å². The molecule has 0 fully saturated rings. The van der Waals surface area contributed by atoms with E-state index >= 15 is 0 Å². The van der Waals surface area contributed by atoms with Crippen molar-refractivity contribution in [1.29, 1.82) is 0 Å². The summed E-state index contributed by atoms with van der Waals surface area (Å²) in [6.45, 7) is 2.53. The second-order valence-corrected chi connectivity index (χ2v) is 7.97. The van der Waals surface area contributed by atoms with Crippen LogP contribution in [-0.2, 0) is 11.2 Å². The third-order valence-corrected chi connectivity index (χ3v) is 5.65. The normalized spacial score (nSPS) is 10.8. The first kappa shape index (κ1) is 19.3. The highest BCUT2D eigenvalue weighted by Gasteiger charge is 2.12. The summed E-state index contributed by atoms with van der Waals surface area (Å²) in [5.41, 5.74) is 2.20. The van der Waals surface area contributed by atoms with Crippen molar-refractivity contribution in [3.05, 3.63) is 59.4 Å². The number of carbonyl (C=O) groups excluding carboxylic acids is 1. The Labute approximate surface area is 174 Å². The van der Waals surface area contributed by atoms with E-state index in [1.165, 1.54) is 34.8 Å². The summed E-state index contributed by atoms with van der Waals surface area (Å²) in [6, 6.07) is 11.7. The average Bonchev–Trinajstić information content (AvgIpc) is 3.29. The van der Waals surface area contributed by atoms with Gasteiger partial charge in [0.05, 0.1) is 28.9 Å². The largest absolute Gasteiger partial charge is 0.494 e. The Morgan fingerprint density at radius 1 is 1.14 bits per heavy atom. The second-order valence-electron chi connectivity index (χ2n) is 6.08. The van der Waals surface area contributed by atoms with Gasteiger partial charge in [-0.05, 0) is 49.4 Å². The van der Waals surface area contributed by atoms with Crippen molar-refractivity contribution in [1.82, 2.24) is 9.97 Å². The molecule has 0 saturated carbocycles. The van der Waals surface area contributed by atoms with Gasteiger partial charge in [-0.2, -0.15) is 0 Å². The van der Waals surface area contributed by atoms with E-state index in [1.54, 1.807) is 12.1 Å². The molecule has 29 heavy (non-hydrogen) atoms. The first-order valence-corrected chi connectivity index (χ1v) is 10.6. The lowest BCUT2D eigenvalue weighted by Gasteiger charge is -2.01. The molecule has 2 aromatic carbocycles. The molecule has 0 aliphatic heterocycles. The topological polar surface area (TPSA) is 76.1 Å². The number of aromatic nitrogens is 2. The van der Waals surface area contributed by atoms with Crippen molar-refractivity contribution in [3.63, 3.8) is 0 Å². The van der Waals surface area contributed by atoms with Crippen molar-refractivity contribution in [2.45, 2.75) is 13.3 Å². The van der Waals surface area contributed by atoms with Crippen LogP contribution < -0.4 is 15.4 Å². The van der Waals surface area contributed by atoms with Crippen molar-refractivity contribution in [2.24, 2.45) is 0 Å². The Morgan fingerprint density at radius 3 is 2.76 bits per heavy atom. The van der Waals surface area contributed by atoms with Crippen LogP contribution in [0.1, 0.15) is 12.6 Å². The highest BCUT2D eigenvalue weighted by molar-refractivity contribution is 7.22. The van der Waals surface area contributed by atoms with E-state index in [4.69, 9.17) is 4.74 Å². The molecule has 0 aliphatic carbocycles. The number of anilines is 3. The third-order valence-electron chi connectivity index (χ3n) is 3.91. The van der Waals surface area contributed by atoms with Crippen LogP contribution in [0.4, 0.5) is 20.3 Å². The Kier molecular flexibility index (Phi) is 5.68. The molecule has 0 bridgehead atoms. The molecule has 2 aromatic heterocycles. The van der Waals surface area contributed by atoms with Gasteiger partial charge in [-0.25, -0.2) is 14.4 Å². The summed E-state index contributed by atoms with van der Waals surface area (Å²) < 4.78 is 19.4. The van der Waals surface area contributed by atoms with E-state index in [9.17, 15) is 9.18 Å². The van der Waals surface area contributed by atoms with Crippen molar-refractivity contribution in [3.8, 4) is 5.75 Å². The zero-order valence-corrected chi connectivity index (χ0v) is 17.1. The summed E-state index contributed by atoms with van der Waals surface area (Å²) in [5.74, 6) is 0.300. The third kappa shape index (κ3) is 4.87. The quantitative estimate of drug-likeness (QED) is 0.422. The number of hydrogen-bond donors (Lipinski definition) is 2. The number of thiazole rings is 2. The first-order valence-electron chi connectivity index (χ1n) is 8.89. The summed E-state index contributed by atoms with van der Waals surface area (Å²) >= 11 is 2.78. The summed E-state index contributed by atoms with van der Waals surface area (Å²) in [6.07, 6.45) is 0.141. The number of nitrogens with zero attached hydrogens (tertiary/aromatic N) is 2. The molecule has 148 valence electrons. The van der Waals surface area contributed by atoms with Crippen molar-refractivity contribution in [2.75, 3.05) is 17.2 Å². The number of carbonyl (C=O) groups is 1. The molecule has 6 nitrogen and oxygen atoms in total. The molecule has 0 saturated heterocycles. The number of ether oxygens (including phenoxy) is 1. The van der Waals surface area contributed by atoms with Crippen LogP contribution in [0.3, 0.4) is 0 Å². The van der Waals surface area contributed by atoms with Gasteiger partial charge in [-0.3, -0.25) is 4.79 Å². The highest BCUT2D eigenvalue weighted by atomic mass is 32.1. The summed E-state index contributed by atoms with van der Waals surface area (Å²) in [7, 11) is 0. The predicted molar refractivity (Wildman–Crippen MR) is 115 cm³/mol. The van der Waals surface area contributed by atoms with Gasteiger partial charge in [0, 0.05) is 11.1 Å². The maximum atomic E-state index is 13.0. The lowest BCUT2D eigenvalue weighted by Crippen LogP contribution is -2.14. The minimum absolute atomic E-state index is 0.141. The number of hydrogen-bond acceptors (Lipinski definition) is 7. The van der Waals surface area contributed by atoms with Gasteiger partial charge < -0.3 is 15.4 Å². The number of halogens is 1. The molecular formula is C20H17FN4O2S2. The summed E-state index contributed by atoms with van der Waals surface area (Å²) in [5, 5.41) is 8.92. The van der Waals surface area contributed by atoms with Crippen molar-refractivity contribution < 1.29 is 13.9 Å². The molecule has 2 heterocycles. The van der Waals surface area contributed by atoms with Crippen LogP contribution in [0.25, 0.3) is 10.2 Å². The number of rotatable bonds is 7. The fourth-order valence-corrected chi connectivity index (χ4v) is 4.29. The van der Waals surface area contributed by atoms with Crippen molar-refractivity contribution >= 4 is 54.7 Å². The molecule has 1 amide bonds. The summed E-state index contributed by atoms with van der Waals surface area (Å²) in [4.78, 5) is 21.2. The molecule has 4 aromatic rings. The number of benzene rings is 2. The maximum absolute atomic E-state index is 13.0. The molecular weight excluding hydrogens is 411 g/mol. The van der Waals surface area contributed by atoms with E-state index in [-0.39, 0.29) is 18.1 Å². The highest BCUT2D eigenvalue weighted by Crippen LogP contribution is 2.29. The number of amides is 1. The van der Waals surface area contributed by atoms with E-state index in [1.807, 2.05) is 30.5 Å². The maximum Gasteiger partial charge on any atom is 0.232 e. The Balaban J connectivity index is 1.37. The van der Waals surface area contributed by atoms with Gasteiger partial charge in [0.15, 0.2) is 10.3 Å². The van der Waals surface area contributed by atoms with Gasteiger partial charge >= 0.3 is 0 Å². The fraction of sp³-hybridized carbons (Fsp3) is 0.150. The second kappa shape index (κ2) is 8.54. The predicted octanol–water partition coefficient (Wildman–Crippen LogP) is 5.22. The van der Waals surface area contributed by atoms with Gasteiger partial charge in [0.2, 0.25) is 5.91 Å². The van der Waals surface area contributed by atoms with Gasteiger partial charge in [-0.1, -0.05) is 11.3 Å². The van der Waals surface area contributed by atoms with Crippen LogP contribution in [0.2, 0.25) is 0 Å². The minimum atomic E-state index is -0.295. The Hall–Kier alpha value is -3.04. The zero-order valence-electron chi connectivity index (χ0n) is 15.4.